The third kappa shape index (κ3) is 4.44. The summed E-state index contributed by atoms with van der Waals surface area (Å²) in [5.41, 5.74) is 0.731. The van der Waals surface area contributed by atoms with Crippen LogP contribution >= 0.6 is 11.8 Å². The van der Waals surface area contributed by atoms with Crippen LogP contribution in [0.3, 0.4) is 0 Å². The molecule has 1 aliphatic rings. The Morgan fingerprint density at radius 3 is 2.87 bits per heavy atom. The molecule has 0 aromatic carbocycles. The summed E-state index contributed by atoms with van der Waals surface area (Å²) in [7, 11) is 0. The molecule has 1 N–H and O–H groups in total. The quantitative estimate of drug-likeness (QED) is 0.664. The van der Waals surface area contributed by atoms with Gasteiger partial charge in [0.15, 0.2) is 0 Å². The van der Waals surface area contributed by atoms with Crippen molar-refractivity contribution in [2.45, 2.75) is 31.2 Å². The second-order valence-electron chi connectivity index (χ2n) is 5.43. The van der Waals surface area contributed by atoms with Gasteiger partial charge in [-0.2, -0.15) is 0 Å². The molecule has 122 valence electrons. The van der Waals surface area contributed by atoms with Gasteiger partial charge in [0.05, 0.1) is 11.4 Å². The second kappa shape index (κ2) is 7.45. The Hall–Kier alpha value is -2.09. The molecule has 0 atom stereocenters. The molecular weight excluding hydrogens is 314 g/mol. The lowest BCUT2D eigenvalue weighted by atomic mass is 10.1. The fraction of sp³-hybridized carbons (Fsp3) is 0.467. The van der Waals surface area contributed by atoms with E-state index in [1.165, 1.54) is 31.0 Å². The van der Waals surface area contributed by atoms with Gasteiger partial charge in [-0.1, -0.05) is 16.9 Å². The number of carbonyl (C=O) groups is 1. The predicted molar refractivity (Wildman–Crippen MR) is 88.7 cm³/mol. The zero-order chi connectivity index (χ0) is 16.1. The van der Waals surface area contributed by atoms with Crippen LogP contribution < -0.4 is 10.2 Å². The standard InChI is InChI=1S/C15H19N5O2S/c1-11-7-14(22-19-11)18-13(21)9-23-15-8-12(16-10-17-15)20-5-3-2-4-6-20/h7-8,10H,2-6,9H2,1H3,(H,18,21). The Labute approximate surface area is 138 Å². The van der Waals surface area contributed by atoms with E-state index in [0.29, 0.717) is 5.88 Å². The fourth-order valence-electron chi connectivity index (χ4n) is 2.44. The highest BCUT2D eigenvalue weighted by atomic mass is 32.2. The van der Waals surface area contributed by atoms with Crippen molar-refractivity contribution in [2.24, 2.45) is 0 Å². The van der Waals surface area contributed by atoms with E-state index in [2.05, 4.69) is 25.3 Å². The number of nitrogens with zero attached hydrogens (tertiary/aromatic N) is 4. The molecule has 1 aliphatic heterocycles. The topological polar surface area (TPSA) is 84.2 Å². The Bertz CT molecular complexity index is 669. The number of anilines is 2. The van der Waals surface area contributed by atoms with Crippen molar-refractivity contribution < 1.29 is 9.32 Å². The summed E-state index contributed by atoms with van der Waals surface area (Å²) >= 11 is 1.38. The Balaban J connectivity index is 1.54. The molecule has 2 aromatic rings. The molecule has 23 heavy (non-hydrogen) atoms. The average Bonchev–Trinajstić information content (AvgIpc) is 2.99. The molecule has 1 fully saturated rings. The third-order valence-electron chi connectivity index (χ3n) is 3.55. The van der Waals surface area contributed by atoms with Gasteiger partial charge in [-0.05, 0) is 26.2 Å². The summed E-state index contributed by atoms with van der Waals surface area (Å²) in [4.78, 5) is 22.7. The van der Waals surface area contributed by atoms with E-state index in [9.17, 15) is 4.79 Å². The van der Waals surface area contributed by atoms with Gasteiger partial charge in [0.2, 0.25) is 11.8 Å². The van der Waals surface area contributed by atoms with E-state index in [-0.39, 0.29) is 11.7 Å². The van der Waals surface area contributed by atoms with E-state index in [1.54, 1.807) is 19.3 Å². The van der Waals surface area contributed by atoms with Gasteiger partial charge in [0.1, 0.15) is 17.2 Å². The molecule has 0 aliphatic carbocycles. The minimum absolute atomic E-state index is 0.149. The van der Waals surface area contributed by atoms with E-state index in [0.717, 1.165) is 29.6 Å². The fourth-order valence-corrected chi connectivity index (χ4v) is 3.10. The molecule has 0 saturated carbocycles. The van der Waals surface area contributed by atoms with Crippen molar-refractivity contribution >= 4 is 29.4 Å². The van der Waals surface area contributed by atoms with Crippen LogP contribution in [0, 0.1) is 6.92 Å². The van der Waals surface area contributed by atoms with Gasteiger partial charge in [-0.15, -0.1) is 0 Å². The van der Waals surface area contributed by atoms with Crippen LogP contribution in [0.5, 0.6) is 0 Å². The number of aryl methyl sites for hydroxylation is 1. The van der Waals surface area contributed by atoms with Crippen LogP contribution in [0.15, 0.2) is 28.0 Å². The maximum absolute atomic E-state index is 11.9. The molecule has 2 aromatic heterocycles. The predicted octanol–water partition coefficient (Wildman–Crippen LogP) is 2.49. The first kappa shape index (κ1) is 15.8. The maximum Gasteiger partial charge on any atom is 0.237 e. The zero-order valence-corrected chi connectivity index (χ0v) is 13.8. The zero-order valence-electron chi connectivity index (χ0n) is 13.0. The molecule has 3 heterocycles. The highest BCUT2D eigenvalue weighted by Crippen LogP contribution is 2.22. The number of piperidine rings is 1. The maximum atomic E-state index is 11.9. The number of hydrogen-bond donors (Lipinski definition) is 1. The Kier molecular flexibility index (Phi) is 5.12. The van der Waals surface area contributed by atoms with Crippen LogP contribution in [-0.2, 0) is 4.79 Å². The molecule has 7 nitrogen and oxygen atoms in total. The number of carbonyl (C=O) groups excluding carboxylic acids is 1. The van der Waals surface area contributed by atoms with Gasteiger partial charge in [-0.25, -0.2) is 9.97 Å². The van der Waals surface area contributed by atoms with Crippen molar-refractivity contribution in [3.05, 3.63) is 24.2 Å². The molecule has 8 heteroatoms. The molecule has 0 spiro atoms. The number of nitrogens with one attached hydrogen (secondary N) is 1. The number of thioether (sulfide) groups is 1. The highest BCUT2D eigenvalue weighted by Gasteiger charge is 2.13. The van der Waals surface area contributed by atoms with Crippen molar-refractivity contribution in [3.8, 4) is 0 Å². The Morgan fingerprint density at radius 2 is 2.13 bits per heavy atom. The molecular formula is C15H19N5O2S. The van der Waals surface area contributed by atoms with Crippen molar-refractivity contribution in [2.75, 3.05) is 29.1 Å². The highest BCUT2D eigenvalue weighted by molar-refractivity contribution is 7.99. The number of amides is 1. The molecule has 0 bridgehead atoms. The monoisotopic (exact) mass is 333 g/mol. The summed E-state index contributed by atoms with van der Waals surface area (Å²) in [6, 6.07) is 3.63. The number of aromatic nitrogens is 3. The van der Waals surface area contributed by atoms with Crippen LogP contribution in [0.25, 0.3) is 0 Å². The largest absolute Gasteiger partial charge is 0.356 e. The summed E-state index contributed by atoms with van der Waals surface area (Å²) in [6.07, 6.45) is 5.24. The second-order valence-corrected chi connectivity index (χ2v) is 6.43. The molecule has 1 amide bonds. The SMILES string of the molecule is Cc1cc(NC(=O)CSc2cc(N3CCCCC3)ncn2)on1. The first-order valence-electron chi connectivity index (χ1n) is 7.64. The molecule has 0 radical (unpaired) electrons. The van der Waals surface area contributed by atoms with Crippen molar-refractivity contribution in [1.29, 1.82) is 0 Å². The van der Waals surface area contributed by atoms with Gasteiger partial charge < -0.3 is 9.42 Å². The van der Waals surface area contributed by atoms with Crippen LogP contribution in [0.4, 0.5) is 11.7 Å². The summed E-state index contributed by atoms with van der Waals surface area (Å²) in [5.74, 6) is 1.42. The third-order valence-corrected chi connectivity index (χ3v) is 4.47. The van der Waals surface area contributed by atoms with Gasteiger partial charge >= 0.3 is 0 Å². The van der Waals surface area contributed by atoms with Crippen molar-refractivity contribution in [3.63, 3.8) is 0 Å². The smallest absolute Gasteiger partial charge is 0.237 e. The summed E-state index contributed by atoms with van der Waals surface area (Å²) in [6.45, 7) is 3.87. The minimum Gasteiger partial charge on any atom is -0.356 e. The summed E-state index contributed by atoms with van der Waals surface area (Å²) < 4.78 is 4.96. The van der Waals surface area contributed by atoms with Gasteiger partial charge in [0, 0.05) is 25.2 Å². The van der Waals surface area contributed by atoms with Crippen LogP contribution in [0.1, 0.15) is 25.0 Å². The lowest BCUT2D eigenvalue weighted by Crippen LogP contribution is -2.30. The minimum atomic E-state index is -0.149. The first-order chi connectivity index (χ1) is 11.2. The van der Waals surface area contributed by atoms with Gasteiger partial charge in [-0.3, -0.25) is 10.1 Å². The first-order valence-corrected chi connectivity index (χ1v) is 8.62. The average molecular weight is 333 g/mol. The lowest BCUT2D eigenvalue weighted by Gasteiger charge is -2.27. The van der Waals surface area contributed by atoms with Crippen LogP contribution in [-0.4, -0.2) is 39.9 Å². The van der Waals surface area contributed by atoms with E-state index < -0.39 is 0 Å². The number of hydrogen-bond acceptors (Lipinski definition) is 7. The molecule has 1 saturated heterocycles. The lowest BCUT2D eigenvalue weighted by molar-refractivity contribution is -0.113. The molecule has 0 unspecified atom stereocenters. The van der Waals surface area contributed by atoms with E-state index in [1.807, 2.05) is 6.07 Å². The Morgan fingerprint density at radius 1 is 1.30 bits per heavy atom. The van der Waals surface area contributed by atoms with Crippen molar-refractivity contribution in [1.82, 2.24) is 15.1 Å². The normalized spacial score (nSPS) is 14.7. The molecule has 3 rings (SSSR count). The summed E-state index contributed by atoms with van der Waals surface area (Å²) in [5, 5.41) is 7.19. The number of rotatable bonds is 5. The van der Waals surface area contributed by atoms with Crippen LogP contribution in [0.2, 0.25) is 0 Å². The van der Waals surface area contributed by atoms with E-state index in [4.69, 9.17) is 4.52 Å². The van der Waals surface area contributed by atoms with Gasteiger partial charge in [0.25, 0.3) is 0 Å². The van der Waals surface area contributed by atoms with E-state index >= 15 is 0 Å².